The normalized spacial score (nSPS) is 20.9. The summed E-state index contributed by atoms with van der Waals surface area (Å²) in [6.45, 7) is 3.92. The van der Waals surface area contributed by atoms with E-state index in [2.05, 4.69) is 22.4 Å². The lowest BCUT2D eigenvalue weighted by Crippen LogP contribution is -2.36. The number of aromatic amines is 1. The van der Waals surface area contributed by atoms with Crippen molar-refractivity contribution < 1.29 is 4.74 Å². The van der Waals surface area contributed by atoms with Crippen LogP contribution < -0.4 is 5.32 Å². The molecule has 1 unspecified atom stereocenters. The molecule has 2 N–H and O–H groups in total. The molecule has 2 heterocycles. The summed E-state index contributed by atoms with van der Waals surface area (Å²) in [5, 5.41) is 10.5. The SMILES string of the molecule is CC(NC1CCOCC1)c1ccn[nH]1. The number of ether oxygens (including phenoxy) is 1. The molecule has 0 radical (unpaired) electrons. The lowest BCUT2D eigenvalue weighted by molar-refractivity contribution is 0.0753. The Balaban J connectivity index is 1.84. The average Bonchev–Trinajstić information content (AvgIpc) is 2.72. The van der Waals surface area contributed by atoms with Crippen molar-refractivity contribution in [2.45, 2.75) is 31.8 Å². The van der Waals surface area contributed by atoms with Gasteiger partial charge in [0.05, 0.1) is 5.69 Å². The molecule has 2 rings (SSSR count). The standard InChI is InChI=1S/C10H17N3O/c1-8(10-2-5-11-13-10)12-9-3-6-14-7-4-9/h2,5,8-9,12H,3-4,6-7H2,1H3,(H,11,13). The van der Waals surface area contributed by atoms with Crippen molar-refractivity contribution >= 4 is 0 Å². The quantitative estimate of drug-likeness (QED) is 0.763. The molecule has 0 amide bonds. The van der Waals surface area contributed by atoms with Crippen molar-refractivity contribution in [1.82, 2.24) is 15.5 Å². The fraction of sp³-hybridized carbons (Fsp3) is 0.700. The molecule has 14 heavy (non-hydrogen) atoms. The Kier molecular flexibility index (Phi) is 3.16. The monoisotopic (exact) mass is 195 g/mol. The summed E-state index contributed by atoms with van der Waals surface area (Å²) in [4.78, 5) is 0. The second kappa shape index (κ2) is 4.57. The van der Waals surface area contributed by atoms with Gasteiger partial charge in [-0.25, -0.2) is 0 Å². The first kappa shape index (κ1) is 9.68. The zero-order valence-corrected chi connectivity index (χ0v) is 8.49. The van der Waals surface area contributed by atoms with Gasteiger partial charge in [-0.2, -0.15) is 5.10 Å². The summed E-state index contributed by atoms with van der Waals surface area (Å²) in [6, 6.07) is 2.94. The maximum Gasteiger partial charge on any atom is 0.0518 e. The molecule has 4 nitrogen and oxygen atoms in total. The molecule has 1 aromatic rings. The van der Waals surface area contributed by atoms with Crippen LogP contribution in [0.4, 0.5) is 0 Å². The van der Waals surface area contributed by atoms with Gasteiger partial charge in [0.15, 0.2) is 0 Å². The summed E-state index contributed by atoms with van der Waals surface area (Å²) < 4.78 is 5.31. The first-order chi connectivity index (χ1) is 6.86. The van der Waals surface area contributed by atoms with E-state index in [1.165, 1.54) is 0 Å². The largest absolute Gasteiger partial charge is 0.381 e. The Morgan fingerprint density at radius 2 is 2.36 bits per heavy atom. The van der Waals surface area contributed by atoms with Crippen molar-refractivity contribution in [1.29, 1.82) is 0 Å². The number of nitrogens with zero attached hydrogens (tertiary/aromatic N) is 1. The zero-order chi connectivity index (χ0) is 9.80. The average molecular weight is 195 g/mol. The van der Waals surface area contributed by atoms with E-state index in [0.717, 1.165) is 31.7 Å². The molecule has 0 saturated carbocycles. The molecule has 1 saturated heterocycles. The first-order valence-corrected chi connectivity index (χ1v) is 5.19. The summed E-state index contributed by atoms with van der Waals surface area (Å²) in [5.41, 5.74) is 1.15. The highest BCUT2D eigenvalue weighted by molar-refractivity contribution is 5.03. The molecule has 0 aromatic carbocycles. The topological polar surface area (TPSA) is 49.9 Å². The van der Waals surface area contributed by atoms with Gasteiger partial charge in [0.1, 0.15) is 0 Å². The van der Waals surface area contributed by atoms with Crippen LogP contribution in [0.3, 0.4) is 0 Å². The van der Waals surface area contributed by atoms with Crippen LogP contribution in [-0.4, -0.2) is 29.5 Å². The minimum absolute atomic E-state index is 0.348. The van der Waals surface area contributed by atoms with Crippen molar-refractivity contribution in [2.24, 2.45) is 0 Å². The van der Waals surface area contributed by atoms with E-state index in [9.17, 15) is 0 Å². The number of rotatable bonds is 3. The van der Waals surface area contributed by atoms with Crippen LogP contribution in [0.15, 0.2) is 12.3 Å². The van der Waals surface area contributed by atoms with Gasteiger partial charge in [-0.3, -0.25) is 5.10 Å². The molecule has 0 aliphatic carbocycles. The van der Waals surface area contributed by atoms with E-state index >= 15 is 0 Å². The van der Waals surface area contributed by atoms with Gasteiger partial charge in [0, 0.05) is 31.5 Å². The van der Waals surface area contributed by atoms with Gasteiger partial charge >= 0.3 is 0 Å². The predicted molar refractivity (Wildman–Crippen MR) is 54.0 cm³/mol. The summed E-state index contributed by atoms with van der Waals surface area (Å²) in [7, 11) is 0. The molecular formula is C10H17N3O. The molecule has 1 fully saturated rings. The van der Waals surface area contributed by atoms with Crippen molar-refractivity contribution in [3.8, 4) is 0 Å². The Morgan fingerprint density at radius 1 is 1.57 bits per heavy atom. The van der Waals surface area contributed by atoms with Crippen LogP contribution in [0.2, 0.25) is 0 Å². The molecule has 1 aliphatic rings. The molecular weight excluding hydrogens is 178 g/mol. The van der Waals surface area contributed by atoms with E-state index in [4.69, 9.17) is 4.74 Å². The van der Waals surface area contributed by atoms with Gasteiger partial charge < -0.3 is 10.1 Å². The first-order valence-electron chi connectivity index (χ1n) is 5.19. The predicted octanol–water partition coefficient (Wildman–Crippen LogP) is 1.24. The third kappa shape index (κ3) is 2.33. The van der Waals surface area contributed by atoms with Crippen molar-refractivity contribution in [3.05, 3.63) is 18.0 Å². The van der Waals surface area contributed by atoms with Crippen LogP contribution in [0.25, 0.3) is 0 Å². The van der Waals surface area contributed by atoms with E-state index in [-0.39, 0.29) is 0 Å². The van der Waals surface area contributed by atoms with Crippen LogP contribution >= 0.6 is 0 Å². The minimum atomic E-state index is 0.348. The van der Waals surface area contributed by atoms with Crippen LogP contribution in [-0.2, 0) is 4.74 Å². The third-order valence-corrected chi connectivity index (χ3v) is 2.70. The molecule has 1 aromatic heterocycles. The molecule has 4 heteroatoms. The fourth-order valence-electron chi connectivity index (χ4n) is 1.82. The summed E-state index contributed by atoms with van der Waals surface area (Å²) in [5.74, 6) is 0. The molecule has 1 atom stereocenters. The molecule has 1 aliphatic heterocycles. The van der Waals surface area contributed by atoms with Crippen LogP contribution in [0.5, 0.6) is 0 Å². The van der Waals surface area contributed by atoms with Crippen LogP contribution in [0, 0.1) is 0 Å². The Hall–Kier alpha value is -0.870. The van der Waals surface area contributed by atoms with Crippen LogP contribution in [0.1, 0.15) is 31.5 Å². The van der Waals surface area contributed by atoms with E-state index < -0.39 is 0 Å². The lowest BCUT2D eigenvalue weighted by atomic mass is 10.1. The Morgan fingerprint density at radius 3 is 3.00 bits per heavy atom. The number of aromatic nitrogens is 2. The van der Waals surface area contributed by atoms with Gasteiger partial charge in [-0.05, 0) is 25.8 Å². The number of H-pyrrole nitrogens is 1. The maximum absolute atomic E-state index is 5.31. The van der Waals surface area contributed by atoms with E-state index in [1.807, 2.05) is 6.07 Å². The molecule has 0 spiro atoms. The fourth-order valence-corrected chi connectivity index (χ4v) is 1.82. The summed E-state index contributed by atoms with van der Waals surface area (Å²) in [6.07, 6.45) is 4.01. The Bertz CT molecular complexity index is 254. The van der Waals surface area contributed by atoms with Gasteiger partial charge in [-0.15, -0.1) is 0 Å². The second-order valence-electron chi connectivity index (χ2n) is 3.79. The highest BCUT2D eigenvalue weighted by Crippen LogP contribution is 2.13. The lowest BCUT2D eigenvalue weighted by Gasteiger charge is -2.26. The van der Waals surface area contributed by atoms with E-state index in [0.29, 0.717) is 12.1 Å². The zero-order valence-electron chi connectivity index (χ0n) is 8.49. The third-order valence-electron chi connectivity index (χ3n) is 2.70. The smallest absolute Gasteiger partial charge is 0.0518 e. The Labute approximate surface area is 84.0 Å². The van der Waals surface area contributed by atoms with Gasteiger partial charge in [-0.1, -0.05) is 0 Å². The number of nitrogens with one attached hydrogen (secondary N) is 2. The van der Waals surface area contributed by atoms with Gasteiger partial charge in [0.25, 0.3) is 0 Å². The highest BCUT2D eigenvalue weighted by Gasteiger charge is 2.16. The molecule has 0 bridgehead atoms. The minimum Gasteiger partial charge on any atom is -0.381 e. The van der Waals surface area contributed by atoms with E-state index in [1.54, 1.807) is 6.20 Å². The highest BCUT2D eigenvalue weighted by atomic mass is 16.5. The maximum atomic E-state index is 5.31. The number of hydrogen-bond acceptors (Lipinski definition) is 3. The van der Waals surface area contributed by atoms with Crippen molar-refractivity contribution in [3.63, 3.8) is 0 Å². The number of hydrogen-bond donors (Lipinski definition) is 2. The van der Waals surface area contributed by atoms with Crippen molar-refractivity contribution in [2.75, 3.05) is 13.2 Å². The summed E-state index contributed by atoms with van der Waals surface area (Å²) >= 11 is 0. The second-order valence-corrected chi connectivity index (χ2v) is 3.79. The van der Waals surface area contributed by atoms with Gasteiger partial charge in [0.2, 0.25) is 0 Å². The molecule has 78 valence electrons.